The Kier molecular flexibility index (Phi) is 7.56. The fourth-order valence-electron chi connectivity index (χ4n) is 4.08. The third-order valence-electron chi connectivity index (χ3n) is 6.07. The number of nitrogens with zero attached hydrogens (tertiary/aromatic N) is 1. The summed E-state index contributed by atoms with van der Waals surface area (Å²) in [5, 5.41) is 9.37. The molecule has 0 saturated heterocycles. The van der Waals surface area contributed by atoms with Crippen molar-refractivity contribution < 1.29 is 19.1 Å². The Hall–Kier alpha value is -4.30. The second-order valence-electron chi connectivity index (χ2n) is 8.30. The molecule has 0 spiro atoms. The van der Waals surface area contributed by atoms with Crippen LogP contribution in [-0.2, 0) is 9.59 Å². The monoisotopic (exact) mass is 486 g/mol. The topological polar surface area (TPSA) is 91.9 Å². The number of benzene rings is 3. The van der Waals surface area contributed by atoms with Crippen molar-refractivity contribution in [2.75, 3.05) is 50.4 Å². The maximum Gasteiger partial charge on any atom is 0.258 e. The minimum atomic E-state index is -0.224. The quantitative estimate of drug-likeness (QED) is 0.393. The van der Waals surface area contributed by atoms with E-state index < -0.39 is 0 Å². The van der Waals surface area contributed by atoms with Gasteiger partial charge < -0.3 is 30.3 Å². The molecule has 2 amide bonds. The van der Waals surface area contributed by atoms with Gasteiger partial charge in [0.1, 0.15) is 0 Å². The summed E-state index contributed by atoms with van der Waals surface area (Å²) in [6, 6.07) is 20.8. The minimum Gasteiger partial charge on any atom is -0.493 e. The molecule has 3 aromatic carbocycles. The molecule has 186 valence electrons. The first-order valence-electron chi connectivity index (χ1n) is 11.6. The van der Waals surface area contributed by atoms with Crippen LogP contribution in [-0.4, -0.2) is 46.7 Å². The summed E-state index contributed by atoms with van der Waals surface area (Å²) in [4.78, 5) is 27.2. The molecule has 0 unspecified atom stereocenters. The maximum atomic E-state index is 13.2. The molecule has 36 heavy (non-hydrogen) atoms. The molecule has 4 rings (SSSR count). The summed E-state index contributed by atoms with van der Waals surface area (Å²) < 4.78 is 10.9. The minimum absolute atomic E-state index is 0.0285. The summed E-state index contributed by atoms with van der Waals surface area (Å²) in [5.74, 6) is 0.878. The van der Waals surface area contributed by atoms with Crippen molar-refractivity contribution in [3.63, 3.8) is 0 Å². The Morgan fingerprint density at radius 2 is 1.64 bits per heavy atom. The van der Waals surface area contributed by atoms with E-state index in [0.29, 0.717) is 41.4 Å². The molecule has 3 aromatic rings. The molecular weight excluding hydrogens is 456 g/mol. The Labute approximate surface area is 210 Å². The van der Waals surface area contributed by atoms with E-state index in [1.54, 1.807) is 38.3 Å². The van der Waals surface area contributed by atoms with Crippen LogP contribution in [0.4, 0.5) is 17.1 Å². The Balaban J connectivity index is 1.73. The largest absolute Gasteiger partial charge is 0.493 e. The number of carbonyl (C=O) groups excluding carboxylic acids is 2. The van der Waals surface area contributed by atoms with Crippen LogP contribution in [0, 0.1) is 0 Å². The van der Waals surface area contributed by atoms with Crippen LogP contribution in [0.1, 0.15) is 17.5 Å². The first-order chi connectivity index (χ1) is 17.5. The zero-order valence-electron chi connectivity index (χ0n) is 20.8. The zero-order chi connectivity index (χ0) is 25.7. The van der Waals surface area contributed by atoms with E-state index in [1.165, 1.54) is 0 Å². The van der Waals surface area contributed by atoms with Crippen molar-refractivity contribution in [1.82, 2.24) is 5.32 Å². The lowest BCUT2D eigenvalue weighted by atomic mass is 9.99. The Bertz CT molecular complexity index is 1290. The molecule has 0 aliphatic carbocycles. The van der Waals surface area contributed by atoms with E-state index in [-0.39, 0.29) is 11.8 Å². The standard InChI is InChI=1S/C28H30N4O4/c1-29-15-14-25(33)32(2)20-12-10-19(11-13-20)30-27(18-8-6-5-7-9-18)26-21-16-23(35-3)24(36-4)17-22(21)31-28(26)34/h5-13,16-17,29-30H,14-15H2,1-4H3,(H,31,34). The summed E-state index contributed by atoms with van der Waals surface area (Å²) in [7, 11) is 6.71. The fourth-order valence-corrected chi connectivity index (χ4v) is 4.08. The number of rotatable bonds is 9. The molecule has 0 aromatic heterocycles. The van der Waals surface area contributed by atoms with Gasteiger partial charge in [-0.15, -0.1) is 0 Å². The van der Waals surface area contributed by atoms with Crippen molar-refractivity contribution >= 4 is 40.1 Å². The normalized spacial score (nSPS) is 13.5. The van der Waals surface area contributed by atoms with E-state index >= 15 is 0 Å². The van der Waals surface area contributed by atoms with E-state index in [2.05, 4.69) is 16.0 Å². The van der Waals surface area contributed by atoms with Gasteiger partial charge in [0.2, 0.25) is 5.91 Å². The van der Waals surface area contributed by atoms with Crippen LogP contribution < -0.4 is 30.3 Å². The van der Waals surface area contributed by atoms with Crippen LogP contribution in [0.2, 0.25) is 0 Å². The van der Waals surface area contributed by atoms with Gasteiger partial charge in [-0.25, -0.2) is 0 Å². The highest BCUT2D eigenvalue weighted by Gasteiger charge is 2.30. The van der Waals surface area contributed by atoms with Gasteiger partial charge in [-0.1, -0.05) is 30.3 Å². The van der Waals surface area contributed by atoms with Gasteiger partial charge in [0.05, 0.1) is 31.2 Å². The maximum absolute atomic E-state index is 13.2. The highest BCUT2D eigenvalue weighted by molar-refractivity contribution is 6.37. The van der Waals surface area contributed by atoms with Gasteiger partial charge in [-0.2, -0.15) is 0 Å². The molecule has 0 bridgehead atoms. The van der Waals surface area contributed by atoms with Crippen LogP contribution in [0.3, 0.4) is 0 Å². The molecule has 1 heterocycles. The molecule has 0 radical (unpaired) electrons. The predicted molar refractivity (Wildman–Crippen MR) is 143 cm³/mol. The lowest BCUT2D eigenvalue weighted by Crippen LogP contribution is -2.28. The van der Waals surface area contributed by atoms with Crippen LogP contribution in [0.5, 0.6) is 11.5 Å². The van der Waals surface area contributed by atoms with E-state index in [4.69, 9.17) is 9.47 Å². The van der Waals surface area contributed by atoms with Gasteiger partial charge >= 0.3 is 0 Å². The molecule has 0 saturated carbocycles. The van der Waals surface area contributed by atoms with E-state index in [0.717, 1.165) is 22.5 Å². The fraction of sp³-hybridized carbons (Fsp3) is 0.214. The van der Waals surface area contributed by atoms with Gasteiger partial charge in [-0.3, -0.25) is 9.59 Å². The summed E-state index contributed by atoms with van der Waals surface area (Å²) in [6.07, 6.45) is 0.417. The second kappa shape index (κ2) is 11.0. The molecule has 8 nitrogen and oxygen atoms in total. The van der Waals surface area contributed by atoms with E-state index in [1.807, 2.05) is 61.6 Å². The summed E-state index contributed by atoms with van der Waals surface area (Å²) in [5.41, 5.74) is 4.95. The average molecular weight is 487 g/mol. The number of hydrogen-bond donors (Lipinski definition) is 3. The molecule has 0 atom stereocenters. The molecule has 3 N–H and O–H groups in total. The second-order valence-corrected chi connectivity index (χ2v) is 8.30. The number of nitrogens with one attached hydrogen (secondary N) is 3. The third-order valence-corrected chi connectivity index (χ3v) is 6.07. The first-order valence-corrected chi connectivity index (χ1v) is 11.6. The average Bonchev–Trinajstić information content (AvgIpc) is 3.24. The van der Waals surface area contributed by atoms with Crippen molar-refractivity contribution in [1.29, 1.82) is 0 Å². The lowest BCUT2D eigenvalue weighted by molar-refractivity contribution is -0.118. The molecule has 1 aliphatic heterocycles. The number of ether oxygens (including phenoxy) is 2. The number of amides is 2. The number of hydrogen-bond acceptors (Lipinski definition) is 6. The predicted octanol–water partition coefficient (Wildman–Crippen LogP) is 4.21. The number of anilines is 3. The molecule has 8 heteroatoms. The number of fused-ring (bicyclic) bond motifs is 1. The first kappa shape index (κ1) is 24.8. The van der Waals surface area contributed by atoms with Crippen LogP contribution in [0.25, 0.3) is 11.3 Å². The highest BCUT2D eigenvalue weighted by atomic mass is 16.5. The Morgan fingerprint density at radius 3 is 2.28 bits per heavy atom. The molecule has 1 aliphatic rings. The molecular formula is C28H30N4O4. The summed E-state index contributed by atoms with van der Waals surface area (Å²) >= 11 is 0. The van der Waals surface area contributed by atoms with Crippen LogP contribution in [0.15, 0.2) is 66.7 Å². The smallest absolute Gasteiger partial charge is 0.258 e. The number of carbonyl (C=O) groups is 2. The van der Waals surface area contributed by atoms with Crippen molar-refractivity contribution in [2.45, 2.75) is 6.42 Å². The molecule has 0 fully saturated rings. The van der Waals surface area contributed by atoms with Gasteiger partial charge in [0.15, 0.2) is 11.5 Å². The van der Waals surface area contributed by atoms with Crippen molar-refractivity contribution in [2.24, 2.45) is 0 Å². The van der Waals surface area contributed by atoms with Gasteiger partial charge in [0, 0.05) is 43.0 Å². The SMILES string of the molecule is CNCCC(=O)N(C)c1ccc(NC(=C2C(=O)Nc3cc(OC)c(OC)cc32)c2ccccc2)cc1. The van der Waals surface area contributed by atoms with Crippen molar-refractivity contribution in [3.8, 4) is 11.5 Å². The third kappa shape index (κ3) is 5.04. The highest BCUT2D eigenvalue weighted by Crippen LogP contribution is 2.43. The van der Waals surface area contributed by atoms with Crippen LogP contribution >= 0.6 is 0 Å². The summed E-state index contributed by atoms with van der Waals surface area (Å²) in [6.45, 7) is 0.622. The van der Waals surface area contributed by atoms with Gasteiger partial charge in [-0.05, 0) is 42.9 Å². The van der Waals surface area contributed by atoms with Crippen molar-refractivity contribution in [3.05, 3.63) is 77.9 Å². The Morgan fingerprint density at radius 1 is 0.972 bits per heavy atom. The lowest BCUT2D eigenvalue weighted by Gasteiger charge is -2.19. The number of methoxy groups -OCH3 is 2. The zero-order valence-corrected chi connectivity index (χ0v) is 20.8. The van der Waals surface area contributed by atoms with E-state index in [9.17, 15) is 9.59 Å². The van der Waals surface area contributed by atoms with Gasteiger partial charge in [0.25, 0.3) is 5.91 Å².